The molecular formula is C17H19NO4S. The fourth-order valence-corrected chi connectivity index (χ4v) is 3.07. The fourth-order valence-electron chi connectivity index (χ4n) is 2.29. The van der Waals surface area contributed by atoms with Crippen LogP contribution in [0, 0.1) is 6.92 Å². The van der Waals surface area contributed by atoms with Gasteiger partial charge in [0.05, 0.1) is 26.0 Å². The van der Waals surface area contributed by atoms with Crippen molar-refractivity contribution in [2.75, 3.05) is 7.11 Å². The van der Waals surface area contributed by atoms with Gasteiger partial charge in [-0.25, -0.2) is 0 Å². The molecule has 6 heteroatoms. The smallest absolute Gasteiger partial charge is 0.305 e. The molecule has 0 saturated carbocycles. The molecule has 2 rings (SSSR count). The van der Waals surface area contributed by atoms with Crippen molar-refractivity contribution in [2.24, 2.45) is 0 Å². The Hall–Kier alpha value is -2.34. The van der Waals surface area contributed by atoms with Gasteiger partial charge in [0.1, 0.15) is 5.75 Å². The second-order valence-electron chi connectivity index (χ2n) is 5.21. The van der Waals surface area contributed by atoms with E-state index in [9.17, 15) is 9.59 Å². The van der Waals surface area contributed by atoms with Crippen LogP contribution in [0.4, 0.5) is 0 Å². The molecule has 0 bridgehead atoms. The van der Waals surface area contributed by atoms with E-state index in [2.05, 4.69) is 5.32 Å². The van der Waals surface area contributed by atoms with Gasteiger partial charge in [-0.1, -0.05) is 18.2 Å². The first kappa shape index (κ1) is 17.0. The predicted octanol–water partition coefficient (Wildman–Crippen LogP) is 2.94. The molecule has 0 fully saturated rings. The summed E-state index contributed by atoms with van der Waals surface area (Å²) in [6.45, 7) is 1.93. The van der Waals surface area contributed by atoms with Crippen molar-refractivity contribution >= 4 is 23.2 Å². The molecule has 1 aromatic heterocycles. The Labute approximate surface area is 138 Å². The number of aryl methyl sites for hydroxylation is 1. The van der Waals surface area contributed by atoms with Crippen LogP contribution in [0.25, 0.3) is 0 Å². The van der Waals surface area contributed by atoms with Gasteiger partial charge in [-0.15, -0.1) is 11.3 Å². The lowest BCUT2D eigenvalue weighted by Gasteiger charge is -2.16. The summed E-state index contributed by atoms with van der Waals surface area (Å²) >= 11 is 1.43. The topological polar surface area (TPSA) is 75.6 Å². The number of carboxylic acids is 1. The van der Waals surface area contributed by atoms with Crippen LogP contribution in [0.15, 0.2) is 35.7 Å². The number of carboxylic acid groups (broad SMARTS) is 1. The monoisotopic (exact) mass is 333 g/mol. The minimum Gasteiger partial charge on any atom is -0.496 e. The summed E-state index contributed by atoms with van der Waals surface area (Å²) in [5.41, 5.74) is 1.82. The molecule has 0 unspecified atom stereocenters. The van der Waals surface area contributed by atoms with Crippen LogP contribution in [0.2, 0.25) is 0 Å². The molecule has 5 nitrogen and oxygen atoms in total. The summed E-state index contributed by atoms with van der Waals surface area (Å²) in [7, 11) is 1.59. The number of aliphatic carboxylic acids is 1. The summed E-state index contributed by atoms with van der Waals surface area (Å²) < 4.78 is 5.25. The molecule has 1 aromatic carbocycles. The van der Waals surface area contributed by atoms with E-state index >= 15 is 0 Å². The highest BCUT2D eigenvalue weighted by Crippen LogP contribution is 2.23. The van der Waals surface area contributed by atoms with Gasteiger partial charge >= 0.3 is 5.97 Å². The van der Waals surface area contributed by atoms with Gasteiger partial charge in [0, 0.05) is 4.88 Å². The molecule has 1 atom stereocenters. The number of methoxy groups -OCH3 is 1. The van der Waals surface area contributed by atoms with E-state index in [1.165, 1.54) is 11.3 Å². The molecule has 1 amide bonds. The molecule has 122 valence electrons. The Morgan fingerprint density at radius 1 is 1.35 bits per heavy atom. The van der Waals surface area contributed by atoms with Crippen molar-refractivity contribution in [2.45, 2.75) is 25.8 Å². The Balaban J connectivity index is 2.06. The lowest BCUT2D eigenvalue weighted by Crippen LogP contribution is -2.30. The Morgan fingerprint density at radius 3 is 2.74 bits per heavy atom. The first-order chi connectivity index (χ1) is 11.0. The lowest BCUT2D eigenvalue weighted by atomic mass is 10.1. The van der Waals surface area contributed by atoms with Crippen molar-refractivity contribution in [3.8, 4) is 5.75 Å². The van der Waals surface area contributed by atoms with E-state index in [1.54, 1.807) is 7.11 Å². The zero-order valence-corrected chi connectivity index (χ0v) is 13.9. The molecule has 0 aliphatic carbocycles. The minimum atomic E-state index is -0.944. The Morgan fingerprint density at radius 2 is 2.13 bits per heavy atom. The fraction of sp³-hybridized carbons (Fsp3) is 0.294. The molecule has 2 N–H and O–H groups in total. The third-order valence-electron chi connectivity index (χ3n) is 3.44. The zero-order chi connectivity index (χ0) is 16.8. The maximum atomic E-state index is 12.2. The summed E-state index contributed by atoms with van der Waals surface area (Å²) in [5, 5.41) is 13.7. The quantitative estimate of drug-likeness (QED) is 0.817. The number of carbonyl (C=O) groups is 2. The van der Waals surface area contributed by atoms with E-state index in [4.69, 9.17) is 9.84 Å². The van der Waals surface area contributed by atoms with Crippen molar-refractivity contribution in [1.82, 2.24) is 5.32 Å². The predicted molar refractivity (Wildman–Crippen MR) is 88.9 cm³/mol. The normalized spacial score (nSPS) is 11.7. The van der Waals surface area contributed by atoms with Crippen molar-refractivity contribution in [3.05, 3.63) is 51.7 Å². The number of thiophene rings is 1. The van der Waals surface area contributed by atoms with Crippen LogP contribution < -0.4 is 10.1 Å². The molecule has 0 aliphatic rings. The minimum absolute atomic E-state index is 0.135. The number of hydrogen-bond acceptors (Lipinski definition) is 4. The Bertz CT molecular complexity index is 682. The maximum absolute atomic E-state index is 12.2. The molecule has 0 aliphatic heterocycles. The summed E-state index contributed by atoms with van der Waals surface area (Å²) in [6, 6.07) is 8.75. The number of carbonyl (C=O) groups excluding carboxylic acids is 1. The van der Waals surface area contributed by atoms with Gasteiger partial charge < -0.3 is 15.2 Å². The van der Waals surface area contributed by atoms with Gasteiger partial charge in [0.15, 0.2) is 0 Å². The number of benzene rings is 1. The highest BCUT2D eigenvalue weighted by molar-refractivity contribution is 7.10. The van der Waals surface area contributed by atoms with E-state index in [0.717, 1.165) is 21.8 Å². The zero-order valence-electron chi connectivity index (χ0n) is 13.0. The van der Waals surface area contributed by atoms with E-state index in [-0.39, 0.29) is 18.7 Å². The van der Waals surface area contributed by atoms with Gasteiger partial charge in [-0.3, -0.25) is 9.59 Å². The van der Waals surface area contributed by atoms with Crippen molar-refractivity contribution < 1.29 is 19.4 Å². The molecule has 2 aromatic rings. The second-order valence-corrected chi connectivity index (χ2v) is 6.19. The van der Waals surface area contributed by atoms with Crippen LogP contribution in [0.1, 0.15) is 28.5 Å². The Kier molecular flexibility index (Phi) is 5.76. The number of hydrogen-bond donors (Lipinski definition) is 2. The SMILES string of the molecule is COc1cc(CC(=O)N[C@H](CC(=O)O)c2cccs2)ccc1C. The van der Waals surface area contributed by atoms with Gasteiger partial charge in [0.25, 0.3) is 0 Å². The highest BCUT2D eigenvalue weighted by atomic mass is 32.1. The van der Waals surface area contributed by atoms with Crippen LogP contribution >= 0.6 is 11.3 Å². The standard InChI is InChI=1S/C17H19NO4S/c1-11-5-6-12(8-14(11)22-2)9-16(19)18-13(10-17(20)21)15-4-3-7-23-15/h3-8,13H,9-10H2,1-2H3,(H,18,19)(H,20,21)/t13-/m1/s1. The lowest BCUT2D eigenvalue weighted by molar-refractivity contribution is -0.137. The molecule has 0 spiro atoms. The third-order valence-corrected chi connectivity index (χ3v) is 4.42. The van der Waals surface area contributed by atoms with Gasteiger partial charge in [-0.05, 0) is 35.6 Å². The molecule has 0 radical (unpaired) electrons. The summed E-state index contributed by atoms with van der Waals surface area (Å²) in [5.74, 6) is -0.424. The van der Waals surface area contributed by atoms with Crippen LogP contribution in [0.3, 0.4) is 0 Å². The summed E-state index contributed by atoms with van der Waals surface area (Å²) in [6.07, 6.45) is 0.0433. The number of ether oxygens (including phenoxy) is 1. The number of nitrogens with one attached hydrogen (secondary N) is 1. The van der Waals surface area contributed by atoms with Gasteiger partial charge in [0.2, 0.25) is 5.91 Å². The first-order valence-electron chi connectivity index (χ1n) is 7.17. The van der Waals surface area contributed by atoms with Crippen molar-refractivity contribution in [1.29, 1.82) is 0 Å². The van der Waals surface area contributed by atoms with Gasteiger partial charge in [-0.2, -0.15) is 0 Å². The highest BCUT2D eigenvalue weighted by Gasteiger charge is 2.19. The first-order valence-corrected chi connectivity index (χ1v) is 8.05. The molecule has 23 heavy (non-hydrogen) atoms. The van der Waals surface area contributed by atoms with E-state index in [1.807, 2.05) is 42.6 Å². The molecule has 1 heterocycles. The second kappa shape index (κ2) is 7.78. The van der Waals surface area contributed by atoms with Crippen molar-refractivity contribution in [3.63, 3.8) is 0 Å². The number of amides is 1. The average Bonchev–Trinajstić information content (AvgIpc) is 3.02. The van der Waals surface area contributed by atoms with E-state index in [0.29, 0.717) is 0 Å². The van der Waals surface area contributed by atoms with E-state index < -0.39 is 12.0 Å². The third kappa shape index (κ3) is 4.82. The molecular weight excluding hydrogens is 314 g/mol. The van der Waals surface area contributed by atoms with Crippen LogP contribution in [0.5, 0.6) is 5.75 Å². The average molecular weight is 333 g/mol. The maximum Gasteiger partial charge on any atom is 0.305 e. The number of rotatable bonds is 7. The van der Waals surface area contributed by atoms with Crippen LogP contribution in [-0.2, 0) is 16.0 Å². The van der Waals surface area contributed by atoms with Crippen LogP contribution in [-0.4, -0.2) is 24.1 Å². The largest absolute Gasteiger partial charge is 0.496 e. The summed E-state index contributed by atoms with van der Waals surface area (Å²) in [4.78, 5) is 24.1. The molecule has 0 saturated heterocycles.